The predicted octanol–water partition coefficient (Wildman–Crippen LogP) is 6.13. The summed E-state index contributed by atoms with van der Waals surface area (Å²) in [7, 11) is 3.44. The van der Waals surface area contributed by atoms with Crippen molar-refractivity contribution in [1.82, 2.24) is 4.57 Å². The van der Waals surface area contributed by atoms with Gasteiger partial charge >= 0.3 is 0 Å². The molecule has 5 rings (SSSR count). The second kappa shape index (κ2) is 7.16. The third-order valence-electron chi connectivity index (χ3n) is 5.84. The summed E-state index contributed by atoms with van der Waals surface area (Å²) in [6, 6.07) is 20.9. The Bertz CT molecular complexity index is 1210. The number of methoxy groups -OCH3 is 2. The molecule has 29 heavy (non-hydrogen) atoms. The SMILES string of the molecule is COc1ccc2c(c1)CCc1c-2n(Cc2ccc(Cl)cc2)c2ccc(OC)cc12. The molecule has 0 spiro atoms. The maximum Gasteiger partial charge on any atom is 0.119 e. The Morgan fingerprint density at radius 1 is 0.862 bits per heavy atom. The van der Waals surface area contributed by atoms with Crippen LogP contribution in [0.3, 0.4) is 0 Å². The molecule has 0 aliphatic heterocycles. The zero-order valence-electron chi connectivity index (χ0n) is 16.5. The summed E-state index contributed by atoms with van der Waals surface area (Å²) in [5.41, 5.74) is 7.78. The van der Waals surface area contributed by atoms with E-state index < -0.39 is 0 Å². The Hall–Kier alpha value is -2.91. The largest absolute Gasteiger partial charge is 0.497 e. The summed E-state index contributed by atoms with van der Waals surface area (Å²) >= 11 is 6.10. The zero-order valence-corrected chi connectivity index (χ0v) is 17.3. The van der Waals surface area contributed by atoms with E-state index in [1.165, 1.54) is 38.9 Å². The van der Waals surface area contributed by atoms with Gasteiger partial charge in [0.25, 0.3) is 0 Å². The molecule has 1 heterocycles. The van der Waals surface area contributed by atoms with Crippen molar-refractivity contribution in [3.05, 3.63) is 82.4 Å². The van der Waals surface area contributed by atoms with Crippen molar-refractivity contribution in [1.29, 1.82) is 0 Å². The van der Waals surface area contributed by atoms with Crippen molar-refractivity contribution < 1.29 is 9.47 Å². The van der Waals surface area contributed by atoms with Gasteiger partial charge in [-0.3, -0.25) is 0 Å². The van der Waals surface area contributed by atoms with Crippen LogP contribution >= 0.6 is 11.6 Å². The first-order chi connectivity index (χ1) is 14.2. The Morgan fingerprint density at radius 2 is 1.59 bits per heavy atom. The van der Waals surface area contributed by atoms with Gasteiger partial charge in [-0.2, -0.15) is 0 Å². The Balaban J connectivity index is 1.75. The van der Waals surface area contributed by atoms with Crippen LogP contribution in [0.1, 0.15) is 16.7 Å². The average Bonchev–Trinajstić information content (AvgIpc) is 3.08. The van der Waals surface area contributed by atoms with Crippen LogP contribution in [0.2, 0.25) is 5.02 Å². The smallest absolute Gasteiger partial charge is 0.119 e. The molecule has 0 atom stereocenters. The Kier molecular flexibility index (Phi) is 4.48. The van der Waals surface area contributed by atoms with E-state index in [0.717, 1.165) is 35.9 Å². The summed E-state index contributed by atoms with van der Waals surface area (Å²) in [6.07, 6.45) is 2.02. The van der Waals surface area contributed by atoms with Crippen molar-refractivity contribution in [2.45, 2.75) is 19.4 Å². The quantitative estimate of drug-likeness (QED) is 0.409. The number of ether oxygens (including phenoxy) is 2. The van der Waals surface area contributed by atoms with Crippen molar-refractivity contribution in [2.75, 3.05) is 14.2 Å². The van der Waals surface area contributed by atoms with Gasteiger partial charge in [0.15, 0.2) is 0 Å². The van der Waals surface area contributed by atoms with Crippen LogP contribution in [-0.4, -0.2) is 18.8 Å². The summed E-state index contributed by atoms with van der Waals surface area (Å²) < 4.78 is 13.4. The molecule has 0 N–H and O–H groups in total. The van der Waals surface area contributed by atoms with E-state index in [2.05, 4.69) is 47.0 Å². The van der Waals surface area contributed by atoms with Gasteiger partial charge in [0, 0.05) is 28.0 Å². The van der Waals surface area contributed by atoms with E-state index >= 15 is 0 Å². The van der Waals surface area contributed by atoms with Crippen LogP contribution in [-0.2, 0) is 19.4 Å². The molecule has 0 saturated carbocycles. The molecule has 3 aromatic carbocycles. The third-order valence-corrected chi connectivity index (χ3v) is 6.09. The highest BCUT2D eigenvalue weighted by atomic mass is 35.5. The van der Waals surface area contributed by atoms with Crippen LogP contribution < -0.4 is 9.47 Å². The number of aryl methyl sites for hydroxylation is 2. The van der Waals surface area contributed by atoms with Gasteiger partial charge in [-0.05, 0) is 78.1 Å². The molecule has 4 aromatic rings. The fourth-order valence-corrected chi connectivity index (χ4v) is 4.55. The summed E-state index contributed by atoms with van der Waals surface area (Å²) in [5, 5.41) is 2.03. The van der Waals surface area contributed by atoms with Crippen LogP contribution in [0.25, 0.3) is 22.2 Å². The number of hydrogen-bond acceptors (Lipinski definition) is 2. The first-order valence-corrected chi connectivity index (χ1v) is 10.2. The molecular weight excluding hydrogens is 382 g/mol. The van der Waals surface area contributed by atoms with E-state index in [1.54, 1.807) is 14.2 Å². The molecule has 3 nitrogen and oxygen atoms in total. The van der Waals surface area contributed by atoms with Gasteiger partial charge in [0.1, 0.15) is 11.5 Å². The predicted molar refractivity (Wildman–Crippen MR) is 118 cm³/mol. The Labute approximate surface area is 175 Å². The van der Waals surface area contributed by atoms with Crippen LogP contribution in [0.4, 0.5) is 0 Å². The van der Waals surface area contributed by atoms with Crippen LogP contribution in [0.15, 0.2) is 60.7 Å². The van der Waals surface area contributed by atoms with Gasteiger partial charge in [0.2, 0.25) is 0 Å². The lowest BCUT2D eigenvalue weighted by Gasteiger charge is -2.21. The van der Waals surface area contributed by atoms with E-state index in [4.69, 9.17) is 21.1 Å². The van der Waals surface area contributed by atoms with E-state index in [-0.39, 0.29) is 0 Å². The van der Waals surface area contributed by atoms with Crippen LogP contribution in [0.5, 0.6) is 11.5 Å². The molecule has 146 valence electrons. The summed E-state index contributed by atoms with van der Waals surface area (Å²) in [5.74, 6) is 1.80. The lowest BCUT2D eigenvalue weighted by atomic mass is 9.88. The highest BCUT2D eigenvalue weighted by Crippen LogP contribution is 2.42. The number of aromatic nitrogens is 1. The van der Waals surface area contributed by atoms with Crippen molar-refractivity contribution in [2.24, 2.45) is 0 Å². The molecule has 0 saturated heterocycles. The van der Waals surface area contributed by atoms with E-state index in [9.17, 15) is 0 Å². The lowest BCUT2D eigenvalue weighted by Crippen LogP contribution is -2.08. The fourth-order valence-electron chi connectivity index (χ4n) is 4.42. The second-order valence-electron chi connectivity index (χ2n) is 7.45. The topological polar surface area (TPSA) is 23.4 Å². The number of fused-ring (bicyclic) bond motifs is 5. The van der Waals surface area contributed by atoms with Gasteiger partial charge < -0.3 is 14.0 Å². The first kappa shape index (κ1) is 18.1. The second-order valence-corrected chi connectivity index (χ2v) is 7.88. The zero-order chi connectivity index (χ0) is 20.0. The number of benzene rings is 3. The maximum atomic E-state index is 6.10. The molecule has 1 aliphatic rings. The standard InChI is InChI=1S/C25H22ClNO2/c1-28-19-8-11-21-17(13-19)5-10-22-23-14-20(29-2)9-12-24(23)27(25(21)22)15-16-3-6-18(26)7-4-16/h3-4,6-9,11-14H,5,10,15H2,1-2H3. The minimum absolute atomic E-state index is 0.760. The fraction of sp³-hybridized carbons (Fsp3) is 0.200. The number of nitrogens with zero attached hydrogens (tertiary/aromatic N) is 1. The molecular formula is C25H22ClNO2. The van der Waals surface area contributed by atoms with Gasteiger partial charge in [0.05, 0.1) is 19.9 Å². The average molecular weight is 404 g/mol. The molecule has 0 radical (unpaired) electrons. The maximum absolute atomic E-state index is 6.10. The molecule has 0 fully saturated rings. The third kappa shape index (κ3) is 3.06. The van der Waals surface area contributed by atoms with E-state index in [1.807, 2.05) is 18.2 Å². The number of hydrogen-bond donors (Lipinski definition) is 0. The minimum Gasteiger partial charge on any atom is -0.497 e. The minimum atomic E-state index is 0.760. The normalized spacial score (nSPS) is 12.5. The molecule has 1 aliphatic carbocycles. The van der Waals surface area contributed by atoms with Gasteiger partial charge in [-0.1, -0.05) is 23.7 Å². The van der Waals surface area contributed by atoms with Crippen molar-refractivity contribution in [3.63, 3.8) is 0 Å². The van der Waals surface area contributed by atoms with Crippen molar-refractivity contribution in [3.8, 4) is 22.8 Å². The van der Waals surface area contributed by atoms with Gasteiger partial charge in [-0.15, -0.1) is 0 Å². The van der Waals surface area contributed by atoms with Crippen LogP contribution in [0, 0.1) is 0 Å². The van der Waals surface area contributed by atoms with Gasteiger partial charge in [-0.25, -0.2) is 0 Å². The number of halogens is 1. The molecule has 1 aromatic heterocycles. The van der Waals surface area contributed by atoms with E-state index in [0.29, 0.717) is 0 Å². The Morgan fingerprint density at radius 3 is 2.34 bits per heavy atom. The number of rotatable bonds is 4. The molecule has 0 unspecified atom stereocenters. The molecule has 0 bridgehead atoms. The van der Waals surface area contributed by atoms with Crippen molar-refractivity contribution >= 4 is 22.5 Å². The molecule has 0 amide bonds. The monoisotopic (exact) mass is 403 g/mol. The summed E-state index contributed by atoms with van der Waals surface area (Å²) in [4.78, 5) is 0. The first-order valence-electron chi connectivity index (χ1n) is 9.79. The summed E-state index contributed by atoms with van der Waals surface area (Å²) in [6.45, 7) is 0.792. The highest BCUT2D eigenvalue weighted by Gasteiger charge is 2.25. The lowest BCUT2D eigenvalue weighted by molar-refractivity contribution is 0.414. The highest BCUT2D eigenvalue weighted by molar-refractivity contribution is 6.30. The molecule has 4 heteroatoms.